The molecule has 0 bridgehead atoms. The zero-order valence-electron chi connectivity index (χ0n) is 6.91. The van der Waals surface area contributed by atoms with Gasteiger partial charge in [0.1, 0.15) is 0 Å². The van der Waals surface area contributed by atoms with Crippen molar-refractivity contribution < 1.29 is 13.2 Å². The van der Waals surface area contributed by atoms with Crippen molar-refractivity contribution in [2.45, 2.75) is 12.8 Å². The molecule has 0 radical (unpaired) electrons. The van der Waals surface area contributed by atoms with Gasteiger partial charge in [-0.1, -0.05) is 0 Å². The monoisotopic (exact) mass is 192 g/mol. The van der Waals surface area contributed by atoms with Crippen molar-refractivity contribution in [1.82, 2.24) is 4.83 Å². The van der Waals surface area contributed by atoms with Crippen LogP contribution in [0.4, 0.5) is 0 Å². The molecular formula is C6H12N2O3S. The summed E-state index contributed by atoms with van der Waals surface area (Å²) in [7, 11) is -3.22. The van der Waals surface area contributed by atoms with Gasteiger partial charge in [-0.05, 0) is 12.8 Å². The first-order valence-electron chi connectivity index (χ1n) is 3.68. The Morgan fingerprint density at radius 2 is 2.33 bits per heavy atom. The maximum Gasteiger partial charge on any atom is 0.244 e. The lowest BCUT2D eigenvalue weighted by molar-refractivity contribution is 0.154. The van der Waals surface area contributed by atoms with Crippen molar-refractivity contribution in [1.29, 1.82) is 0 Å². The third-order valence-corrected chi connectivity index (χ3v) is 1.82. The Labute approximate surface area is 71.8 Å². The van der Waals surface area contributed by atoms with Crippen LogP contribution in [0, 0.1) is 0 Å². The molecule has 1 rings (SSSR count). The molecule has 0 spiro atoms. The van der Waals surface area contributed by atoms with E-state index in [1.807, 2.05) is 0 Å². The van der Waals surface area contributed by atoms with E-state index in [0.717, 1.165) is 31.4 Å². The molecule has 1 saturated heterocycles. The summed E-state index contributed by atoms with van der Waals surface area (Å²) >= 11 is 0. The lowest BCUT2D eigenvalue weighted by atomic mass is 10.2. The molecule has 1 heterocycles. The van der Waals surface area contributed by atoms with Crippen molar-refractivity contribution in [2.75, 3.05) is 19.5 Å². The van der Waals surface area contributed by atoms with Crippen molar-refractivity contribution in [2.24, 2.45) is 5.10 Å². The zero-order chi connectivity index (χ0) is 9.03. The van der Waals surface area contributed by atoms with Gasteiger partial charge >= 0.3 is 0 Å². The minimum absolute atomic E-state index is 0.433. The van der Waals surface area contributed by atoms with E-state index in [1.165, 1.54) is 0 Å². The molecule has 12 heavy (non-hydrogen) atoms. The Balaban J connectivity index is 2.45. The Morgan fingerprint density at radius 3 is 2.83 bits per heavy atom. The second kappa shape index (κ2) is 3.86. The average Bonchev–Trinajstić information content (AvgIpc) is 2.02. The number of hydrogen-bond acceptors (Lipinski definition) is 4. The molecule has 0 aromatic heterocycles. The highest BCUT2D eigenvalue weighted by molar-refractivity contribution is 7.88. The maximum atomic E-state index is 10.6. The summed E-state index contributed by atoms with van der Waals surface area (Å²) in [5.41, 5.74) is 0.756. The molecule has 5 nitrogen and oxygen atoms in total. The minimum atomic E-state index is -3.22. The molecule has 0 aliphatic carbocycles. The molecular weight excluding hydrogens is 180 g/mol. The van der Waals surface area contributed by atoms with Crippen LogP contribution in [0.3, 0.4) is 0 Å². The molecule has 1 fully saturated rings. The SMILES string of the molecule is CS(=O)(=O)N/N=C1\CCCOC1. The van der Waals surface area contributed by atoms with Crippen LogP contribution in [-0.2, 0) is 14.8 Å². The fourth-order valence-corrected chi connectivity index (χ4v) is 1.17. The molecule has 1 aliphatic heterocycles. The van der Waals surface area contributed by atoms with E-state index >= 15 is 0 Å². The molecule has 0 atom stereocenters. The largest absolute Gasteiger partial charge is 0.375 e. The molecule has 0 aromatic rings. The summed E-state index contributed by atoms with van der Waals surface area (Å²) in [5.74, 6) is 0. The first-order chi connectivity index (χ1) is 5.58. The lowest BCUT2D eigenvalue weighted by Crippen LogP contribution is -2.23. The van der Waals surface area contributed by atoms with Gasteiger partial charge in [-0.2, -0.15) is 5.10 Å². The number of hydrogen-bond donors (Lipinski definition) is 1. The topological polar surface area (TPSA) is 67.8 Å². The first-order valence-corrected chi connectivity index (χ1v) is 5.57. The minimum Gasteiger partial charge on any atom is -0.375 e. The van der Waals surface area contributed by atoms with Gasteiger partial charge in [0.25, 0.3) is 0 Å². The summed E-state index contributed by atoms with van der Waals surface area (Å²) in [6.07, 6.45) is 2.79. The summed E-state index contributed by atoms with van der Waals surface area (Å²) in [5, 5.41) is 3.71. The van der Waals surface area contributed by atoms with E-state index in [4.69, 9.17) is 4.74 Å². The summed E-state index contributed by atoms with van der Waals surface area (Å²) in [6.45, 7) is 1.17. The van der Waals surface area contributed by atoms with Crippen molar-refractivity contribution in [3.05, 3.63) is 0 Å². The average molecular weight is 192 g/mol. The van der Waals surface area contributed by atoms with Crippen LogP contribution in [0.1, 0.15) is 12.8 Å². The van der Waals surface area contributed by atoms with Crippen molar-refractivity contribution in [3.63, 3.8) is 0 Å². The number of hydrazone groups is 1. The Bertz CT molecular complexity index is 263. The molecule has 0 amide bonds. The second-order valence-electron chi connectivity index (χ2n) is 2.70. The Kier molecular flexibility index (Phi) is 3.05. The highest BCUT2D eigenvalue weighted by Gasteiger charge is 2.07. The fourth-order valence-electron chi connectivity index (χ4n) is 0.876. The van der Waals surface area contributed by atoms with E-state index in [-0.39, 0.29) is 0 Å². The third kappa shape index (κ3) is 3.68. The van der Waals surface area contributed by atoms with Crippen LogP contribution in [0.2, 0.25) is 0 Å². The lowest BCUT2D eigenvalue weighted by Gasteiger charge is -2.12. The van der Waals surface area contributed by atoms with Gasteiger partial charge < -0.3 is 4.74 Å². The van der Waals surface area contributed by atoms with E-state index < -0.39 is 10.0 Å². The van der Waals surface area contributed by atoms with Gasteiger partial charge in [0.05, 0.1) is 18.6 Å². The highest BCUT2D eigenvalue weighted by atomic mass is 32.2. The van der Waals surface area contributed by atoms with Gasteiger partial charge in [-0.15, -0.1) is 0 Å². The van der Waals surface area contributed by atoms with Crippen molar-refractivity contribution in [3.8, 4) is 0 Å². The zero-order valence-corrected chi connectivity index (χ0v) is 7.73. The smallest absolute Gasteiger partial charge is 0.244 e. The van der Waals surface area contributed by atoms with Crippen LogP contribution in [0.25, 0.3) is 0 Å². The van der Waals surface area contributed by atoms with Gasteiger partial charge in [0, 0.05) is 6.61 Å². The van der Waals surface area contributed by atoms with Crippen LogP contribution in [0.15, 0.2) is 5.10 Å². The third-order valence-electron chi connectivity index (χ3n) is 1.39. The number of sulfonamides is 1. The second-order valence-corrected chi connectivity index (χ2v) is 4.42. The van der Waals surface area contributed by atoms with E-state index in [0.29, 0.717) is 6.61 Å². The summed E-state index contributed by atoms with van der Waals surface area (Å²) in [4.78, 5) is 2.07. The van der Waals surface area contributed by atoms with Crippen LogP contribution in [0.5, 0.6) is 0 Å². The van der Waals surface area contributed by atoms with E-state index in [2.05, 4.69) is 9.93 Å². The maximum absolute atomic E-state index is 10.6. The standard InChI is InChI=1S/C6H12N2O3S/c1-12(9,10)8-7-6-3-2-4-11-5-6/h8H,2-5H2,1H3/b7-6+. The highest BCUT2D eigenvalue weighted by Crippen LogP contribution is 2.01. The predicted octanol–water partition coefficient (Wildman–Crippen LogP) is -0.298. The normalized spacial score (nSPS) is 22.6. The van der Waals surface area contributed by atoms with Crippen LogP contribution < -0.4 is 4.83 Å². The Morgan fingerprint density at radius 1 is 1.58 bits per heavy atom. The van der Waals surface area contributed by atoms with E-state index in [9.17, 15) is 8.42 Å². The molecule has 1 aliphatic rings. The van der Waals surface area contributed by atoms with Gasteiger partial charge in [0.15, 0.2) is 0 Å². The van der Waals surface area contributed by atoms with E-state index in [1.54, 1.807) is 0 Å². The molecule has 0 unspecified atom stereocenters. The number of nitrogens with one attached hydrogen (secondary N) is 1. The quantitative estimate of drug-likeness (QED) is 0.611. The Hall–Kier alpha value is -0.620. The number of rotatable bonds is 2. The van der Waals surface area contributed by atoms with Crippen LogP contribution in [-0.4, -0.2) is 33.6 Å². The van der Waals surface area contributed by atoms with Crippen LogP contribution >= 0.6 is 0 Å². The van der Waals surface area contributed by atoms with Gasteiger partial charge in [-0.3, -0.25) is 0 Å². The molecule has 1 N–H and O–H groups in total. The molecule has 6 heteroatoms. The molecule has 70 valence electrons. The predicted molar refractivity (Wildman–Crippen MR) is 45.5 cm³/mol. The summed E-state index contributed by atoms with van der Waals surface area (Å²) < 4.78 is 26.3. The first kappa shape index (κ1) is 9.47. The van der Waals surface area contributed by atoms with Crippen molar-refractivity contribution >= 4 is 15.7 Å². The number of nitrogens with zero attached hydrogens (tertiary/aromatic N) is 1. The van der Waals surface area contributed by atoms with Gasteiger partial charge in [0.2, 0.25) is 10.0 Å². The molecule has 0 aromatic carbocycles. The fraction of sp³-hybridized carbons (Fsp3) is 0.833. The molecule has 0 saturated carbocycles. The number of ether oxygens (including phenoxy) is 1. The summed E-state index contributed by atoms with van der Waals surface area (Å²) in [6, 6.07) is 0. The van der Waals surface area contributed by atoms with Gasteiger partial charge in [-0.25, -0.2) is 13.2 Å².